The van der Waals surface area contributed by atoms with E-state index in [1.54, 1.807) is 11.1 Å². The predicted octanol–water partition coefficient (Wildman–Crippen LogP) is 4.72. The summed E-state index contributed by atoms with van der Waals surface area (Å²) in [4.78, 5) is 2.57. The summed E-state index contributed by atoms with van der Waals surface area (Å²) in [7, 11) is 0. The van der Waals surface area contributed by atoms with Crippen molar-refractivity contribution in [2.24, 2.45) is 0 Å². The number of hydrogen-bond acceptors (Lipinski definition) is 1. The molecule has 1 fully saturated rings. The fourth-order valence-electron chi connectivity index (χ4n) is 3.69. The van der Waals surface area contributed by atoms with Crippen molar-refractivity contribution < 1.29 is 0 Å². The second-order valence-electron chi connectivity index (χ2n) is 6.54. The van der Waals surface area contributed by atoms with Gasteiger partial charge in [0.25, 0.3) is 0 Å². The Hall–Kier alpha value is -0.530. The summed E-state index contributed by atoms with van der Waals surface area (Å²) >= 11 is 6.71. The maximum Gasteiger partial charge on any atom is 0.0712 e. The minimum atomic E-state index is 0.141. The molecule has 0 N–H and O–H groups in total. The Balaban J connectivity index is 1.68. The van der Waals surface area contributed by atoms with Gasteiger partial charge in [-0.1, -0.05) is 24.6 Å². The van der Waals surface area contributed by atoms with Gasteiger partial charge >= 0.3 is 0 Å². The average Bonchev–Trinajstić information content (AvgIpc) is 2.49. The maximum atomic E-state index is 6.71. The molecule has 1 aromatic rings. The minimum absolute atomic E-state index is 0.141. The second kappa shape index (κ2) is 6.49. The van der Waals surface area contributed by atoms with Crippen molar-refractivity contribution in [3.05, 3.63) is 34.9 Å². The van der Waals surface area contributed by atoms with E-state index in [4.69, 9.17) is 11.6 Å². The number of piperidine rings is 1. The van der Waals surface area contributed by atoms with Crippen LogP contribution >= 0.6 is 11.6 Å². The first kappa shape index (κ1) is 14.4. The summed E-state index contributed by atoms with van der Waals surface area (Å²) < 4.78 is 0. The van der Waals surface area contributed by atoms with Gasteiger partial charge in [0.2, 0.25) is 0 Å². The molecular formula is C18H26ClN. The lowest BCUT2D eigenvalue weighted by atomic mass is 9.90. The maximum absolute atomic E-state index is 6.71. The highest BCUT2D eigenvalue weighted by atomic mass is 35.5. The Morgan fingerprint density at radius 2 is 1.95 bits per heavy atom. The standard InChI is InChI=1S/C18H26ClN/c1-14-6-4-5-11-20(14)13-18(19)17-10-9-15-7-2-3-8-16(15)12-17/h9-10,12,14,18H,2-8,11,13H2,1H3. The van der Waals surface area contributed by atoms with Crippen LogP contribution in [-0.2, 0) is 12.8 Å². The molecule has 1 nitrogen and oxygen atoms in total. The topological polar surface area (TPSA) is 3.24 Å². The Bertz CT molecular complexity index is 457. The molecule has 2 unspecified atom stereocenters. The van der Waals surface area contributed by atoms with Gasteiger partial charge in [-0.2, -0.15) is 0 Å². The molecule has 1 aromatic carbocycles. The lowest BCUT2D eigenvalue weighted by Crippen LogP contribution is -2.39. The molecule has 1 heterocycles. The van der Waals surface area contributed by atoms with Gasteiger partial charge in [0, 0.05) is 12.6 Å². The molecule has 3 rings (SSSR count). The molecule has 2 aliphatic rings. The highest BCUT2D eigenvalue weighted by Crippen LogP contribution is 2.29. The number of likely N-dealkylation sites (tertiary alicyclic amines) is 1. The summed E-state index contributed by atoms with van der Waals surface area (Å²) in [6.07, 6.45) is 9.22. The lowest BCUT2D eigenvalue weighted by Gasteiger charge is -2.34. The zero-order valence-corrected chi connectivity index (χ0v) is 13.3. The average molecular weight is 292 g/mol. The van der Waals surface area contributed by atoms with Crippen molar-refractivity contribution in [3.8, 4) is 0 Å². The van der Waals surface area contributed by atoms with Crippen molar-refractivity contribution in [3.63, 3.8) is 0 Å². The molecule has 2 heteroatoms. The summed E-state index contributed by atoms with van der Waals surface area (Å²) in [6, 6.07) is 7.65. The Labute approximate surface area is 128 Å². The van der Waals surface area contributed by atoms with Gasteiger partial charge < -0.3 is 0 Å². The van der Waals surface area contributed by atoms with E-state index in [1.807, 2.05) is 0 Å². The minimum Gasteiger partial charge on any atom is -0.299 e. The van der Waals surface area contributed by atoms with Gasteiger partial charge in [-0.05, 0) is 68.7 Å². The first-order valence-corrected chi connectivity index (χ1v) is 8.67. The first-order valence-electron chi connectivity index (χ1n) is 8.24. The Morgan fingerprint density at radius 3 is 2.75 bits per heavy atom. The highest BCUT2D eigenvalue weighted by Gasteiger charge is 2.22. The first-order chi connectivity index (χ1) is 9.74. The summed E-state index contributed by atoms with van der Waals surface area (Å²) in [5.74, 6) is 0. The van der Waals surface area contributed by atoms with Crippen LogP contribution in [0.3, 0.4) is 0 Å². The SMILES string of the molecule is CC1CCCCN1CC(Cl)c1ccc2c(c1)CCCC2. The zero-order valence-electron chi connectivity index (χ0n) is 12.6. The van der Waals surface area contributed by atoms with E-state index in [0.717, 1.165) is 6.54 Å². The smallest absolute Gasteiger partial charge is 0.0712 e. The van der Waals surface area contributed by atoms with Crippen LogP contribution in [0.25, 0.3) is 0 Å². The summed E-state index contributed by atoms with van der Waals surface area (Å²) in [5.41, 5.74) is 4.42. The van der Waals surface area contributed by atoms with Crippen molar-refractivity contribution in [2.45, 2.75) is 63.3 Å². The van der Waals surface area contributed by atoms with E-state index in [2.05, 4.69) is 30.0 Å². The molecule has 110 valence electrons. The van der Waals surface area contributed by atoms with E-state index >= 15 is 0 Å². The van der Waals surface area contributed by atoms with E-state index in [0.29, 0.717) is 6.04 Å². The van der Waals surface area contributed by atoms with Crippen LogP contribution in [0, 0.1) is 0 Å². The third kappa shape index (κ3) is 3.20. The molecule has 1 aliphatic carbocycles. The number of fused-ring (bicyclic) bond motifs is 1. The van der Waals surface area contributed by atoms with Crippen LogP contribution in [0.15, 0.2) is 18.2 Å². The quantitative estimate of drug-likeness (QED) is 0.728. The number of aryl methyl sites for hydroxylation is 2. The largest absolute Gasteiger partial charge is 0.299 e. The molecule has 0 radical (unpaired) electrons. The fraction of sp³-hybridized carbons (Fsp3) is 0.667. The Morgan fingerprint density at radius 1 is 1.15 bits per heavy atom. The van der Waals surface area contributed by atoms with Gasteiger partial charge in [0.1, 0.15) is 0 Å². The predicted molar refractivity (Wildman–Crippen MR) is 86.6 cm³/mol. The number of alkyl halides is 1. The molecule has 20 heavy (non-hydrogen) atoms. The van der Waals surface area contributed by atoms with Crippen LogP contribution in [0.1, 0.15) is 61.1 Å². The van der Waals surface area contributed by atoms with Gasteiger partial charge in [-0.25, -0.2) is 0 Å². The molecule has 1 saturated heterocycles. The van der Waals surface area contributed by atoms with Crippen LogP contribution < -0.4 is 0 Å². The molecule has 0 amide bonds. The van der Waals surface area contributed by atoms with Crippen molar-refractivity contribution >= 4 is 11.6 Å². The highest BCUT2D eigenvalue weighted by molar-refractivity contribution is 6.21. The second-order valence-corrected chi connectivity index (χ2v) is 7.07. The van der Waals surface area contributed by atoms with Crippen LogP contribution in [-0.4, -0.2) is 24.0 Å². The lowest BCUT2D eigenvalue weighted by molar-refractivity contribution is 0.161. The van der Waals surface area contributed by atoms with Crippen LogP contribution in [0.4, 0.5) is 0 Å². The number of hydrogen-bond donors (Lipinski definition) is 0. The fourth-order valence-corrected chi connectivity index (χ4v) is 4.00. The van der Waals surface area contributed by atoms with Gasteiger partial charge in [0.05, 0.1) is 5.38 Å². The molecule has 2 atom stereocenters. The number of rotatable bonds is 3. The normalized spacial score (nSPS) is 25.2. The summed E-state index contributed by atoms with van der Waals surface area (Å²) in [6.45, 7) is 4.56. The molecule has 1 aliphatic heterocycles. The van der Waals surface area contributed by atoms with E-state index in [-0.39, 0.29) is 5.38 Å². The molecule has 0 aromatic heterocycles. The van der Waals surface area contributed by atoms with Crippen LogP contribution in [0.2, 0.25) is 0 Å². The Kier molecular flexibility index (Phi) is 4.68. The van der Waals surface area contributed by atoms with Crippen molar-refractivity contribution in [1.82, 2.24) is 4.90 Å². The molecule has 0 bridgehead atoms. The third-order valence-electron chi connectivity index (χ3n) is 5.07. The van der Waals surface area contributed by atoms with Gasteiger partial charge in [-0.15, -0.1) is 11.6 Å². The van der Waals surface area contributed by atoms with E-state index in [1.165, 1.54) is 57.1 Å². The van der Waals surface area contributed by atoms with Gasteiger partial charge in [0.15, 0.2) is 0 Å². The van der Waals surface area contributed by atoms with E-state index in [9.17, 15) is 0 Å². The molecule has 0 spiro atoms. The van der Waals surface area contributed by atoms with E-state index < -0.39 is 0 Å². The summed E-state index contributed by atoms with van der Waals surface area (Å²) in [5, 5.41) is 0.141. The molecule has 0 saturated carbocycles. The number of benzene rings is 1. The third-order valence-corrected chi connectivity index (χ3v) is 5.46. The van der Waals surface area contributed by atoms with Crippen LogP contribution in [0.5, 0.6) is 0 Å². The number of halogens is 1. The van der Waals surface area contributed by atoms with Crippen molar-refractivity contribution in [2.75, 3.05) is 13.1 Å². The molecular weight excluding hydrogens is 266 g/mol. The van der Waals surface area contributed by atoms with Gasteiger partial charge in [-0.3, -0.25) is 4.90 Å². The monoisotopic (exact) mass is 291 g/mol. The zero-order chi connectivity index (χ0) is 13.9. The van der Waals surface area contributed by atoms with Crippen molar-refractivity contribution in [1.29, 1.82) is 0 Å². The number of nitrogens with zero attached hydrogens (tertiary/aromatic N) is 1.